The van der Waals surface area contributed by atoms with Gasteiger partial charge in [0, 0.05) is 16.2 Å². The minimum absolute atomic E-state index is 0.338. The summed E-state index contributed by atoms with van der Waals surface area (Å²) in [6.07, 6.45) is 0. The van der Waals surface area contributed by atoms with Gasteiger partial charge < -0.3 is 0 Å². The first-order chi connectivity index (χ1) is 9.02. The summed E-state index contributed by atoms with van der Waals surface area (Å²) in [6.45, 7) is 0. The third-order valence-corrected chi connectivity index (χ3v) is 3.47. The number of halogens is 5. The third kappa shape index (κ3) is 2.73. The zero-order valence-electron chi connectivity index (χ0n) is 9.39. The van der Waals surface area contributed by atoms with E-state index in [0.29, 0.717) is 4.90 Å². The van der Waals surface area contributed by atoms with E-state index in [4.69, 9.17) is 0 Å². The van der Waals surface area contributed by atoms with Gasteiger partial charge in [0.1, 0.15) is 0 Å². The van der Waals surface area contributed by atoms with Gasteiger partial charge in [-0.1, -0.05) is 18.2 Å². The molecule has 6 heteroatoms. The number of rotatable bonds is 3. The summed E-state index contributed by atoms with van der Waals surface area (Å²) in [5.74, 6) is -9.86. The van der Waals surface area contributed by atoms with Crippen LogP contribution < -0.4 is 0 Å². The molecule has 0 atom stereocenters. The van der Waals surface area contributed by atoms with Crippen molar-refractivity contribution in [3.63, 3.8) is 0 Å². The molecule has 0 heterocycles. The lowest BCUT2D eigenvalue weighted by Crippen LogP contribution is -2.06. The topological polar surface area (TPSA) is 0 Å². The van der Waals surface area contributed by atoms with Crippen molar-refractivity contribution in [1.82, 2.24) is 0 Å². The van der Waals surface area contributed by atoms with Crippen LogP contribution in [0.3, 0.4) is 0 Å². The average Bonchev–Trinajstić information content (AvgIpc) is 2.44. The van der Waals surface area contributed by atoms with E-state index in [0.717, 1.165) is 11.8 Å². The first-order valence-corrected chi connectivity index (χ1v) is 6.19. The van der Waals surface area contributed by atoms with E-state index in [1.54, 1.807) is 30.3 Å². The zero-order chi connectivity index (χ0) is 14.0. The molecule has 0 radical (unpaired) electrons. The Hall–Kier alpha value is -1.56. The van der Waals surface area contributed by atoms with Gasteiger partial charge >= 0.3 is 0 Å². The molecule has 0 spiro atoms. The highest BCUT2D eigenvalue weighted by Crippen LogP contribution is 2.29. The number of hydrogen-bond donors (Lipinski definition) is 0. The molecule has 19 heavy (non-hydrogen) atoms. The Morgan fingerprint density at radius 2 is 1.16 bits per heavy atom. The molecule has 0 fully saturated rings. The minimum atomic E-state index is -2.14. The summed E-state index contributed by atoms with van der Waals surface area (Å²) in [7, 11) is 0. The minimum Gasteiger partial charge on any atom is -0.203 e. The van der Waals surface area contributed by atoms with Crippen LogP contribution in [0.1, 0.15) is 5.56 Å². The van der Waals surface area contributed by atoms with E-state index in [-0.39, 0.29) is 5.75 Å². The summed E-state index contributed by atoms with van der Waals surface area (Å²) in [5, 5.41) is 0. The van der Waals surface area contributed by atoms with Crippen molar-refractivity contribution in [2.24, 2.45) is 0 Å². The van der Waals surface area contributed by atoms with Crippen LogP contribution in [0.4, 0.5) is 22.0 Å². The maximum absolute atomic E-state index is 13.4. The number of hydrogen-bond acceptors (Lipinski definition) is 1. The van der Waals surface area contributed by atoms with Crippen molar-refractivity contribution in [2.75, 3.05) is 0 Å². The molecule has 100 valence electrons. The highest BCUT2D eigenvalue weighted by Gasteiger charge is 2.25. The van der Waals surface area contributed by atoms with Gasteiger partial charge in [-0.15, -0.1) is 11.8 Å². The predicted octanol–water partition coefficient (Wildman–Crippen LogP) is 4.67. The second kappa shape index (κ2) is 5.61. The summed E-state index contributed by atoms with van der Waals surface area (Å²) in [4.78, 5) is 0.673. The van der Waals surface area contributed by atoms with Crippen LogP contribution in [0.15, 0.2) is 35.2 Å². The molecule has 2 aromatic carbocycles. The van der Waals surface area contributed by atoms with E-state index in [1.807, 2.05) is 0 Å². The molecule has 0 amide bonds. The van der Waals surface area contributed by atoms with E-state index in [9.17, 15) is 22.0 Å². The largest absolute Gasteiger partial charge is 0.203 e. The Kier molecular flexibility index (Phi) is 4.09. The Morgan fingerprint density at radius 1 is 0.684 bits per heavy atom. The van der Waals surface area contributed by atoms with Crippen molar-refractivity contribution in [3.8, 4) is 0 Å². The summed E-state index contributed by atoms with van der Waals surface area (Å²) in [5.41, 5.74) is -0.815. The van der Waals surface area contributed by atoms with E-state index in [1.165, 1.54) is 0 Å². The lowest BCUT2D eigenvalue weighted by molar-refractivity contribution is 0.372. The quantitative estimate of drug-likeness (QED) is 0.342. The monoisotopic (exact) mass is 290 g/mol. The second-order valence-corrected chi connectivity index (χ2v) is 4.70. The number of thioether (sulfide) groups is 1. The first kappa shape index (κ1) is 13.9. The summed E-state index contributed by atoms with van der Waals surface area (Å²) >= 11 is 0.989. The van der Waals surface area contributed by atoms with Crippen molar-refractivity contribution in [2.45, 2.75) is 10.6 Å². The molecule has 0 unspecified atom stereocenters. The van der Waals surface area contributed by atoms with Crippen molar-refractivity contribution < 1.29 is 22.0 Å². The van der Waals surface area contributed by atoms with Crippen LogP contribution in [0.5, 0.6) is 0 Å². The fraction of sp³-hybridized carbons (Fsp3) is 0.0769. The fourth-order valence-corrected chi connectivity index (χ4v) is 2.36. The highest BCUT2D eigenvalue weighted by atomic mass is 32.2. The van der Waals surface area contributed by atoms with Crippen LogP contribution in [0.25, 0.3) is 0 Å². The Bertz CT molecular complexity index is 569. The predicted molar refractivity (Wildman–Crippen MR) is 62.2 cm³/mol. The Labute approximate surface area is 110 Å². The highest BCUT2D eigenvalue weighted by molar-refractivity contribution is 7.98. The van der Waals surface area contributed by atoms with Gasteiger partial charge in [0.15, 0.2) is 23.3 Å². The molecule has 0 saturated heterocycles. The molecule has 0 saturated carbocycles. The van der Waals surface area contributed by atoms with Crippen molar-refractivity contribution in [3.05, 3.63) is 65.0 Å². The molecule has 2 aromatic rings. The standard InChI is InChI=1S/C13H7F5S/c14-9-8(6-19-7-4-2-1-3-5-7)10(15)12(17)13(18)11(9)16/h1-5H,6H2. The van der Waals surface area contributed by atoms with E-state index in [2.05, 4.69) is 0 Å². The Balaban J connectivity index is 2.31. The smallest absolute Gasteiger partial charge is 0.200 e. The third-order valence-electron chi connectivity index (χ3n) is 2.43. The Morgan fingerprint density at radius 3 is 1.68 bits per heavy atom. The number of benzene rings is 2. The molecule has 0 bridgehead atoms. The molecule has 0 aliphatic rings. The van der Waals surface area contributed by atoms with Crippen LogP contribution in [0.2, 0.25) is 0 Å². The molecule has 0 nitrogen and oxygen atoms in total. The summed E-state index contributed by atoms with van der Waals surface area (Å²) in [6, 6.07) is 8.53. The molecule has 0 aromatic heterocycles. The lowest BCUT2D eigenvalue weighted by Gasteiger charge is -2.07. The van der Waals surface area contributed by atoms with Crippen LogP contribution in [-0.4, -0.2) is 0 Å². The maximum Gasteiger partial charge on any atom is 0.200 e. The average molecular weight is 290 g/mol. The van der Waals surface area contributed by atoms with Gasteiger partial charge in [0.25, 0.3) is 0 Å². The van der Waals surface area contributed by atoms with Crippen molar-refractivity contribution >= 4 is 11.8 Å². The second-order valence-electron chi connectivity index (χ2n) is 3.65. The van der Waals surface area contributed by atoms with E-state index < -0.39 is 34.6 Å². The lowest BCUT2D eigenvalue weighted by atomic mass is 10.2. The zero-order valence-corrected chi connectivity index (χ0v) is 10.2. The SMILES string of the molecule is Fc1c(F)c(F)c(CSc2ccccc2)c(F)c1F. The van der Waals surface area contributed by atoms with E-state index >= 15 is 0 Å². The van der Waals surface area contributed by atoms with Gasteiger partial charge in [0.2, 0.25) is 5.82 Å². The molecule has 0 aliphatic carbocycles. The molecular weight excluding hydrogens is 283 g/mol. The molecule has 0 N–H and O–H groups in total. The summed E-state index contributed by atoms with van der Waals surface area (Å²) < 4.78 is 65.5. The van der Waals surface area contributed by atoms with Gasteiger partial charge in [-0.2, -0.15) is 0 Å². The van der Waals surface area contributed by atoms with Gasteiger partial charge in [-0.05, 0) is 12.1 Å². The first-order valence-electron chi connectivity index (χ1n) is 5.20. The molecule has 2 rings (SSSR count). The van der Waals surface area contributed by atoms with Crippen LogP contribution in [0, 0.1) is 29.1 Å². The van der Waals surface area contributed by atoms with Crippen LogP contribution in [-0.2, 0) is 5.75 Å². The van der Waals surface area contributed by atoms with Crippen LogP contribution >= 0.6 is 11.8 Å². The molecular formula is C13H7F5S. The maximum atomic E-state index is 13.4. The van der Waals surface area contributed by atoms with Gasteiger partial charge in [-0.25, -0.2) is 22.0 Å². The fourth-order valence-electron chi connectivity index (χ4n) is 1.45. The molecule has 0 aliphatic heterocycles. The normalized spacial score (nSPS) is 10.8. The van der Waals surface area contributed by atoms with Crippen molar-refractivity contribution in [1.29, 1.82) is 0 Å². The van der Waals surface area contributed by atoms with Gasteiger partial charge in [-0.3, -0.25) is 0 Å². The van der Waals surface area contributed by atoms with Gasteiger partial charge in [0.05, 0.1) is 0 Å².